The Labute approximate surface area is 196 Å². The van der Waals surface area contributed by atoms with Crippen LogP contribution in [0.15, 0.2) is 48.8 Å². The Morgan fingerprint density at radius 2 is 1.73 bits per heavy atom. The monoisotopic (exact) mass is 466 g/mol. The van der Waals surface area contributed by atoms with Crippen molar-refractivity contribution in [3.63, 3.8) is 0 Å². The van der Waals surface area contributed by atoms with Gasteiger partial charge in [0.1, 0.15) is 17.7 Å². The van der Waals surface area contributed by atoms with Crippen LogP contribution in [0.3, 0.4) is 0 Å². The number of piperazine rings is 1. The molecule has 0 spiro atoms. The molecule has 170 valence electrons. The third-order valence-electron chi connectivity index (χ3n) is 5.52. The summed E-state index contributed by atoms with van der Waals surface area (Å²) < 4.78 is 1.50. The van der Waals surface area contributed by atoms with Gasteiger partial charge in [0.2, 0.25) is 5.82 Å². The fourth-order valence-corrected chi connectivity index (χ4v) is 4.03. The smallest absolute Gasteiger partial charge is 0.294 e. The number of pyridine rings is 1. The molecule has 2 amide bonds. The summed E-state index contributed by atoms with van der Waals surface area (Å²) in [7, 11) is 0. The van der Waals surface area contributed by atoms with Gasteiger partial charge in [-0.3, -0.25) is 14.4 Å². The SMILES string of the molecule is CC(=O)c1cccc(C(=O)N2CCN(C(=O)c3ncn(-c4cccc(Cl)c4)n3)C(C)(C)C2)n1. The van der Waals surface area contributed by atoms with E-state index in [1.54, 1.807) is 46.2 Å². The van der Waals surface area contributed by atoms with E-state index in [0.717, 1.165) is 0 Å². The van der Waals surface area contributed by atoms with Gasteiger partial charge in [0.15, 0.2) is 5.78 Å². The number of amides is 2. The zero-order valence-electron chi connectivity index (χ0n) is 18.5. The molecule has 0 unspecified atom stereocenters. The number of nitrogens with zero attached hydrogens (tertiary/aromatic N) is 6. The second-order valence-corrected chi connectivity index (χ2v) is 8.89. The Balaban J connectivity index is 1.49. The minimum atomic E-state index is -0.662. The number of Topliss-reactive ketones (excluding diaryl/α,β-unsaturated/α-hetero) is 1. The van der Waals surface area contributed by atoms with Gasteiger partial charge in [0.05, 0.1) is 11.2 Å². The van der Waals surface area contributed by atoms with Crippen LogP contribution in [0.4, 0.5) is 0 Å². The fourth-order valence-electron chi connectivity index (χ4n) is 3.84. The summed E-state index contributed by atoms with van der Waals surface area (Å²) in [6.45, 7) is 6.13. The molecular weight excluding hydrogens is 444 g/mol. The van der Waals surface area contributed by atoms with E-state index in [-0.39, 0.29) is 34.8 Å². The quantitative estimate of drug-likeness (QED) is 0.548. The number of benzene rings is 1. The first-order chi connectivity index (χ1) is 15.7. The van der Waals surface area contributed by atoms with Gasteiger partial charge in [-0.05, 0) is 44.2 Å². The Morgan fingerprint density at radius 3 is 2.42 bits per heavy atom. The van der Waals surface area contributed by atoms with Gasteiger partial charge in [-0.2, -0.15) is 0 Å². The van der Waals surface area contributed by atoms with Crippen molar-refractivity contribution in [2.45, 2.75) is 26.3 Å². The van der Waals surface area contributed by atoms with Crippen LogP contribution in [0.2, 0.25) is 5.02 Å². The van der Waals surface area contributed by atoms with Gasteiger partial charge in [0, 0.05) is 31.6 Å². The molecule has 10 heteroatoms. The average molecular weight is 467 g/mol. The molecule has 0 bridgehead atoms. The van der Waals surface area contributed by atoms with Crippen molar-refractivity contribution in [2.75, 3.05) is 19.6 Å². The van der Waals surface area contributed by atoms with E-state index in [1.807, 2.05) is 19.9 Å². The number of carbonyl (C=O) groups is 3. The molecule has 0 radical (unpaired) electrons. The molecule has 1 saturated heterocycles. The second-order valence-electron chi connectivity index (χ2n) is 8.45. The highest BCUT2D eigenvalue weighted by Crippen LogP contribution is 2.24. The zero-order valence-corrected chi connectivity index (χ0v) is 19.3. The summed E-state index contributed by atoms with van der Waals surface area (Å²) in [5.74, 6) is -0.727. The first-order valence-corrected chi connectivity index (χ1v) is 10.8. The van der Waals surface area contributed by atoms with Crippen LogP contribution in [-0.4, -0.2) is 72.3 Å². The number of ketones is 1. The first kappa shape index (κ1) is 22.6. The maximum atomic E-state index is 13.2. The Kier molecular flexibility index (Phi) is 5.99. The molecule has 4 rings (SSSR count). The number of rotatable bonds is 4. The van der Waals surface area contributed by atoms with Crippen molar-refractivity contribution in [3.05, 3.63) is 71.0 Å². The Morgan fingerprint density at radius 1 is 1.00 bits per heavy atom. The third-order valence-corrected chi connectivity index (χ3v) is 5.75. The lowest BCUT2D eigenvalue weighted by Gasteiger charge is -2.46. The van der Waals surface area contributed by atoms with Crippen LogP contribution in [0, 0.1) is 0 Å². The van der Waals surface area contributed by atoms with Gasteiger partial charge < -0.3 is 9.80 Å². The van der Waals surface area contributed by atoms with E-state index >= 15 is 0 Å². The largest absolute Gasteiger partial charge is 0.333 e. The molecule has 3 heterocycles. The predicted molar refractivity (Wildman–Crippen MR) is 122 cm³/mol. The van der Waals surface area contributed by atoms with E-state index in [2.05, 4.69) is 15.1 Å². The fraction of sp³-hybridized carbons (Fsp3) is 0.304. The van der Waals surface area contributed by atoms with Crippen LogP contribution in [-0.2, 0) is 0 Å². The molecule has 1 aliphatic heterocycles. The number of carbonyl (C=O) groups excluding carboxylic acids is 3. The van der Waals surface area contributed by atoms with Crippen molar-refractivity contribution in [1.29, 1.82) is 0 Å². The molecule has 3 aromatic rings. The molecule has 2 aromatic heterocycles. The highest BCUT2D eigenvalue weighted by atomic mass is 35.5. The van der Waals surface area contributed by atoms with Crippen molar-refractivity contribution in [3.8, 4) is 5.69 Å². The summed E-state index contributed by atoms with van der Waals surface area (Å²) >= 11 is 6.04. The van der Waals surface area contributed by atoms with Gasteiger partial charge >= 0.3 is 0 Å². The number of hydrogen-bond acceptors (Lipinski definition) is 6. The molecule has 0 aliphatic carbocycles. The van der Waals surface area contributed by atoms with Crippen LogP contribution >= 0.6 is 11.6 Å². The summed E-state index contributed by atoms with van der Waals surface area (Å²) in [4.78, 5) is 49.5. The Hall–Kier alpha value is -3.59. The van der Waals surface area contributed by atoms with Gasteiger partial charge in [-0.1, -0.05) is 23.7 Å². The van der Waals surface area contributed by atoms with Crippen molar-refractivity contribution < 1.29 is 14.4 Å². The molecule has 1 aliphatic rings. The lowest BCUT2D eigenvalue weighted by molar-refractivity contribution is 0.0158. The standard InChI is InChI=1S/C23H23ClN6O3/c1-15(31)18-8-5-9-19(26-18)21(32)28-10-11-29(23(2,3)13-28)22(33)20-25-14-30(27-20)17-7-4-6-16(24)12-17/h4-9,12,14H,10-11,13H2,1-3H3. The summed E-state index contributed by atoms with van der Waals surface area (Å²) in [5, 5.41) is 4.88. The molecule has 1 fully saturated rings. The van der Waals surface area contributed by atoms with E-state index in [0.29, 0.717) is 30.3 Å². The third kappa shape index (κ3) is 4.63. The second kappa shape index (κ2) is 8.74. The average Bonchev–Trinajstić information content (AvgIpc) is 3.28. The highest BCUT2D eigenvalue weighted by Gasteiger charge is 2.40. The normalized spacial score (nSPS) is 15.4. The number of aromatic nitrogens is 4. The minimum Gasteiger partial charge on any atom is -0.333 e. The van der Waals surface area contributed by atoms with Crippen molar-refractivity contribution in [1.82, 2.24) is 29.5 Å². The van der Waals surface area contributed by atoms with E-state index < -0.39 is 5.54 Å². The van der Waals surface area contributed by atoms with E-state index in [4.69, 9.17) is 11.6 Å². The van der Waals surface area contributed by atoms with Crippen LogP contribution in [0.1, 0.15) is 52.4 Å². The van der Waals surface area contributed by atoms with Crippen molar-refractivity contribution >= 4 is 29.2 Å². The molecular formula is C23H23ClN6O3. The highest BCUT2D eigenvalue weighted by molar-refractivity contribution is 6.30. The molecule has 9 nitrogen and oxygen atoms in total. The molecule has 1 aromatic carbocycles. The van der Waals surface area contributed by atoms with Gasteiger partial charge in [0.25, 0.3) is 11.8 Å². The summed E-state index contributed by atoms with van der Waals surface area (Å²) in [6, 6.07) is 11.9. The molecule has 33 heavy (non-hydrogen) atoms. The first-order valence-electron chi connectivity index (χ1n) is 10.4. The number of halogens is 1. The summed E-state index contributed by atoms with van der Waals surface area (Å²) in [6.07, 6.45) is 1.47. The molecule has 0 saturated carbocycles. The van der Waals surface area contributed by atoms with Gasteiger partial charge in [-0.15, -0.1) is 5.10 Å². The lowest BCUT2D eigenvalue weighted by atomic mass is 9.98. The predicted octanol–water partition coefficient (Wildman–Crippen LogP) is 2.90. The van der Waals surface area contributed by atoms with E-state index in [9.17, 15) is 14.4 Å². The topological polar surface area (TPSA) is 101 Å². The molecule has 0 atom stereocenters. The lowest BCUT2D eigenvalue weighted by Crippen LogP contribution is -2.62. The van der Waals surface area contributed by atoms with Crippen LogP contribution < -0.4 is 0 Å². The van der Waals surface area contributed by atoms with Crippen molar-refractivity contribution in [2.24, 2.45) is 0 Å². The summed E-state index contributed by atoms with van der Waals surface area (Å²) in [5.41, 5.74) is 0.490. The molecule has 0 N–H and O–H groups in total. The maximum Gasteiger partial charge on any atom is 0.294 e. The van der Waals surface area contributed by atoms with E-state index in [1.165, 1.54) is 17.9 Å². The maximum absolute atomic E-state index is 13.2. The van der Waals surface area contributed by atoms with Gasteiger partial charge in [-0.25, -0.2) is 14.6 Å². The zero-order chi connectivity index (χ0) is 23.8. The minimum absolute atomic E-state index is 0.0682. The Bertz CT molecular complexity index is 1240. The number of hydrogen-bond donors (Lipinski definition) is 0. The van der Waals surface area contributed by atoms with Crippen LogP contribution in [0.25, 0.3) is 5.69 Å². The van der Waals surface area contributed by atoms with Crippen LogP contribution in [0.5, 0.6) is 0 Å².